The van der Waals surface area contributed by atoms with Crippen molar-refractivity contribution in [2.45, 2.75) is 25.4 Å². The number of nitrogens with zero attached hydrogens (tertiary/aromatic N) is 2. The van der Waals surface area contributed by atoms with Gasteiger partial charge in [0.15, 0.2) is 0 Å². The predicted molar refractivity (Wildman–Crippen MR) is 71.1 cm³/mol. The maximum atomic E-state index is 12.3. The summed E-state index contributed by atoms with van der Waals surface area (Å²) in [6.07, 6.45) is 0.997. The molecule has 1 heterocycles. The molecule has 2 unspecified atom stereocenters. The summed E-state index contributed by atoms with van der Waals surface area (Å²) in [4.78, 5) is 13.9. The molecule has 1 saturated heterocycles. The summed E-state index contributed by atoms with van der Waals surface area (Å²) in [6, 6.07) is 11.6. The van der Waals surface area contributed by atoms with Crippen molar-refractivity contribution in [2.24, 2.45) is 5.92 Å². The zero-order valence-corrected chi connectivity index (χ0v) is 11.0. The molecule has 19 heavy (non-hydrogen) atoms. The van der Waals surface area contributed by atoms with Crippen LogP contribution in [0.4, 0.5) is 0 Å². The maximum absolute atomic E-state index is 12.3. The number of rotatable bonds is 3. The van der Waals surface area contributed by atoms with E-state index in [1.54, 1.807) is 11.8 Å². The van der Waals surface area contributed by atoms with Gasteiger partial charge < -0.3 is 10.0 Å². The summed E-state index contributed by atoms with van der Waals surface area (Å²) in [5, 5.41) is 19.1. The van der Waals surface area contributed by atoms with Gasteiger partial charge in [-0.1, -0.05) is 30.3 Å². The van der Waals surface area contributed by atoms with Crippen LogP contribution in [0.1, 0.15) is 18.9 Å². The molecule has 0 aliphatic carbocycles. The SMILES string of the molecule is CC1(O)CCN(C(=O)C(C#N)Cc2ccccc2)C1. The van der Waals surface area contributed by atoms with E-state index in [1.807, 2.05) is 30.3 Å². The molecule has 0 saturated carbocycles. The van der Waals surface area contributed by atoms with Gasteiger partial charge >= 0.3 is 0 Å². The van der Waals surface area contributed by atoms with E-state index in [9.17, 15) is 15.2 Å². The van der Waals surface area contributed by atoms with Gasteiger partial charge in [-0.25, -0.2) is 0 Å². The average Bonchev–Trinajstić information content (AvgIpc) is 2.77. The van der Waals surface area contributed by atoms with Gasteiger partial charge in [0.25, 0.3) is 0 Å². The zero-order chi connectivity index (χ0) is 13.9. The van der Waals surface area contributed by atoms with Crippen LogP contribution in [0, 0.1) is 17.2 Å². The van der Waals surface area contributed by atoms with Crippen molar-refractivity contribution in [3.05, 3.63) is 35.9 Å². The largest absolute Gasteiger partial charge is 0.388 e. The molecule has 0 radical (unpaired) electrons. The van der Waals surface area contributed by atoms with Crippen LogP contribution in [0.25, 0.3) is 0 Å². The smallest absolute Gasteiger partial charge is 0.240 e. The maximum Gasteiger partial charge on any atom is 0.240 e. The standard InChI is InChI=1S/C15H18N2O2/c1-15(19)7-8-17(11-15)14(18)13(10-16)9-12-5-3-2-4-6-12/h2-6,13,19H,7-9,11H2,1H3. The number of hydrogen-bond donors (Lipinski definition) is 1. The number of nitriles is 1. The fourth-order valence-corrected chi connectivity index (χ4v) is 2.39. The molecule has 1 aromatic rings. The van der Waals surface area contributed by atoms with Gasteiger partial charge in [-0.05, 0) is 25.3 Å². The number of benzene rings is 1. The van der Waals surface area contributed by atoms with Gasteiger partial charge in [-0.3, -0.25) is 4.79 Å². The molecule has 0 aromatic heterocycles. The second-order valence-electron chi connectivity index (χ2n) is 5.38. The Morgan fingerprint density at radius 2 is 2.21 bits per heavy atom. The Hall–Kier alpha value is -1.86. The summed E-state index contributed by atoms with van der Waals surface area (Å²) in [6.45, 7) is 2.57. The lowest BCUT2D eigenvalue weighted by molar-refractivity contribution is -0.133. The number of carbonyl (C=O) groups excluding carboxylic acids is 1. The third-order valence-electron chi connectivity index (χ3n) is 3.50. The molecule has 1 fully saturated rings. The Labute approximate surface area is 113 Å². The quantitative estimate of drug-likeness (QED) is 0.890. The van der Waals surface area contributed by atoms with Gasteiger partial charge in [0.05, 0.1) is 11.7 Å². The number of aliphatic hydroxyl groups is 1. The molecule has 1 amide bonds. The molecule has 1 N–H and O–H groups in total. The average molecular weight is 258 g/mol. The third-order valence-corrected chi connectivity index (χ3v) is 3.50. The van der Waals surface area contributed by atoms with Crippen LogP contribution in [0.5, 0.6) is 0 Å². The Bertz CT molecular complexity index is 491. The van der Waals surface area contributed by atoms with E-state index >= 15 is 0 Å². The molecular formula is C15H18N2O2. The topological polar surface area (TPSA) is 64.3 Å². The molecule has 2 atom stereocenters. The van der Waals surface area contributed by atoms with Crippen LogP contribution < -0.4 is 0 Å². The van der Waals surface area contributed by atoms with Crippen LogP contribution in [0.3, 0.4) is 0 Å². The lowest BCUT2D eigenvalue weighted by Gasteiger charge is -2.21. The van der Waals surface area contributed by atoms with Crippen molar-refractivity contribution < 1.29 is 9.90 Å². The molecule has 1 aliphatic heterocycles. The molecule has 1 aliphatic rings. The number of hydrogen-bond acceptors (Lipinski definition) is 3. The highest BCUT2D eigenvalue weighted by molar-refractivity contribution is 5.82. The zero-order valence-electron chi connectivity index (χ0n) is 11.0. The Morgan fingerprint density at radius 1 is 1.53 bits per heavy atom. The fraction of sp³-hybridized carbons (Fsp3) is 0.467. The highest BCUT2D eigenvalue weighted by Gasteiger charge is 2.36. The van der Waals surface area contributed by atoms with Gasteiger partial charge in [0.1, 0.15) is 5.92 Å². The van der Waals surface area contributed by atoms with E-state index < -0.39 is 11.5 Å². The van der Waals surface area contributed by atoms with Crippen LogP contribution in [-0.4, -0.2) is 34.6 Å². The van der Waals surface area contributed by atoms with E-state index in [0.717, 1.165) is 5.56 Å². The highest BCUT2D eigenvalue weighted by atomic mass is 16.3. The molecule has 4 heteroatoms. The number of carbonyl (C=O) groups is 1. The van der Waals surface area contributed by atoms with Gasteiger partial charge in [-0.2, -0.15) is 5.26 Å². The van der Waals surface area contributed by atoms with E-state index in [1.165, 1.54) is 0 Å². The summed E-state index contributed by atoms with van der Waals surface area (Å²) in [5.74, 6) is -0.847. The molecule has 2 rings (SSSR count). The van der Waals surface area contributed by atoms with Crippen molar-refractivity contribution in [3.8, 4) is 6.07 Å². The first-order valence-electron chi connectivity index (χ1n) is 6.46. The van der Waals surface area contributed by atoms with Crippen LogP contribution in [0.15, 0.2) is 30.3 Å². The second kappa shape index (κ2) is 5.41. The highest BCUT2D eigenvalue weighted by Crippen LogP contribution is 2.22. The van der Waals surface area contributed by atoms with Crippen molar-refractivity contribution >= 4 is 5.91 Å². The Kier molecular flexibility index (Phi) is 3.87. The van der Waals surface area contributed by atoms with Crippen LogP contribution in [-0.2, 0) is 11.2 Å². The minimum atomic E-state index is -0.817. The summed E-state index contributed by atoms with van der Waals surface area (Å²) in [7, 11) is 0. The molecule has 100 valence electrons. The second-order valence-corrected chi connectivity index (χ2v) is 5.38. The first-order chi connectivity index (χ1) is 9.02. The fourth-order valence-electron chi connectivity index (χ4n) is 2.39. The summed E-state index contributed by atoms with van der Waals surface area (Å²) >= 11 is 0. The molecule has 0 spiro atoms. The normalized spacial score (nSPS) is 23.9. The minimum Gasteiger partial charge on any atom is -0.388 e. The Balaban J connectivity index is 2.03. The van der Waals surface area contributed by atoms with Crippen molar-refractivity contribution in [3.63, 3.8) is 0 Å². The van der Waals surface area contributed by atoms with E-state index in [-0.39, 0.29) is 5.91 Å². The summed E-state index contributed by atoms with van der Waals surface area (Å²) in [5.41, 5.74) is 0.163. The van der Waals surface area contributed by atoms with Crippen molar-refractivity contribution in [1.82, 2.24) is 4.90 Å². The monoisotopic (exact) mass is 258 g/mol. The lowest BCUT2D eigenvalue weighted by Crippen LogP contribution is -2.37. The third kappa shape index (κ3) is 3.33. The van der Waals surface area contributed by atoms with E-state index in [0.29, 0.717) is 25.9 Å². The van der Waals surface area contributed by atoms with Crippen molar-refractivity contribution in [1.29, 1.82) is 5.26 Å². The molecular weight excluding hydrogens is 240 g/mol. The minimum absolute atomic E-state index is 0.177. The van der Waals surface area contributed by atoms with Gasteiger partial charge in [0.2, 0.25) is 5.91 Å². The van der Waals surface area contributed by atoms with Gasteiger partial charge in [0, 0.05) is 13.1 Å². The molecule has 4 nitrogen and oxygen atoms in total. The number of likely N-dealkylation sites (tertiary alicyclic amines) is 1. The summed E-state index contributed by atoms with van der Waals surface area (Å²) < 4.78 is 0. The van der Waals surface area contributed by atoms with E-state index in [4.69, 9.17) is 0 Å². The van der Waals surface area contributed by atoms with Crippen LogP contribution >= 0.6 is 0 Å². The molecule has 1 aromatic carbocycles. The first kappa shape index (κ1) is 13.6. The van der Waals surface area contributed by atoms with Gasteiger partial charge in [-0.15, -0.1) is 0 Å². The van der Waals surface area contributed by atoms with Crippen LogP contribution in [0.2, 0.25) is 0 Å². The molecule has 0 bridgehead atoms. The predicted octanol–water partition coefficient (Wildman–Crippen LogP) is 1.35. The first-order valence-corrected chi connectivity index (χ1v) is 6.46. The van der Waals surface area contributed by atoms with Crippen molar-refractivity contribution in [2.75, 3.05) is 13.1 Å². The number of amides is 1. The number of β-amino-alcohol motifs (C(OH)–C–C–N with tert-alkyl or cyclic N) is 1. The lowest BCUT2D eigenvalue weighted by atomic mass is 9.99. The van der Waals surface area contributed by atoms with E-state index in [2.05, 4.69) is 6.07 Å². The Morgan fingerprint density at radius 3 is 2.74 bits per heavy atom.